The summed E-state index contributed by atoms with van der Waals surface area (Å²) in [6.45, 7) is 12.7. The predicted molar refractivity (Wildman–Crippen MR) is 164 cm³/mol. The molecule has 1 unspecified atom stereocenters. The van der Waals surface area contributed by atoms with Gasteiger partial charge in [0.05, 0.1) is 32.8 Å². The van der Waals surface area contributed by atoms with Crippen molar-refractivity contribution < 1.29 is 52.4 Å². The minimum Gasteiger partial charge on any atom is -0.479 e. The van der Waals surface area contributed by atoms with Crippen LogP contribution in [0.2, 0.25) is 0 Å². The van der Waals surface area contributed by atoms with Crippen LogP contribution in [0.3, 0.4) is 0 Å². The molecule has 260 valence electrons. The number of nitrogens with one attached hydrogen (secondary N) is 1. The van der Waals surface area contributed by atoms with Gasteiger partial charge in [0, 0.05) is 0 Å². The number of hydrogen-bond donors (Lipinski definition) is 4. The Morgan fingerprint density at radius 1 is 1.22 bits per heavy atom. The van der Waals surface area contributed by atoms with Crippen LogP contribution >= 0.6 is 7.75 Å². The van der Waals surface area contributed by atoms with Gasteiger partial charge in [-0.3, -0.25) is 18.4 Å². The summed E-state index contributed by atoms with van der Waals surface area (Å²) < 4.78 is 48.3. The summed E-state index contributed by atoms with van der Waals surface area (Å²) in [6.07, 6.45) is -3.09. The van der Waals surface area contributed by atoms with Crippen LogP contribution in [0.15, 0.2) is 6.33 Å². The summed E-state index contributed by atoms with van der Waals surface area (Å²) in [7, 11) is -3.12. The molecule has 1 fully saturated rings. The maximum Gasteiger partial charge on any atom is 0.406 e. The quantitative estimate of drug-likeness (QED) is 0.157. The summed E-state index contributed by atoms with van der Waals surface area (Å²) in [6, 6.07) is -1.14. The third-order valence-corrected chi connectivity index (χ3v) is 8.28. The fraction of sp³-hybridized carbons (Fsp3) is 0.750. The van der Waals surface area contributed by atoms with Crippen LogP contribution in [0.4, 0.5) is 5.95 Å². The molecule has 2 aromatic heterocycles. The first-order valence-corrected chi connectivity index (χ1v) is 16.4. The number of carbonyl (C=O) groups is 2. The Bertz CT molecular complexity index is 1410. The average molecular weight is 675 g/mol. The highest BCUT2D eigenvalue weighted by Gasteiger charge is 2.54. The zero-order chi connectivity index (χ0) is 34.6. The maximum absolute atomic E-state index is 14.1. The molecule has 1 aliphatic heterocycles. The van der Waals surface area contributed by atoms with Crippen LogP contribution in [-0.2, 0) is 37.4 Å². The Kier molecular flexibility index (Phi) is 12.1. The first-order valence-electron chi connectivity index (χ1n) is 14.9. The number of aliphatic hydroxyl groups excluding tert-OH is 1. The minimum atomic E-state index is -4.50. The van der Waals surface area contributed by atoms with Crippen molar-refractivity contribution in [3.63, 3.8) is 0 Å². The summed E-state index contributed by atoms with van der Waals surface area (Å²) >= 11 is 0. The highest BCUT2D eigenvalue weighted by Crippen LogP contribution is 2.47. The van der Waals surface area contributed by atoms with E-state index in [4.69, 9.17) is 33.7 Å². The molecule has 1 aliphatic rings. The van der Waals surface area contributed by atoms with Gasteiger partial charge in [-0.25, -0.2) is 19.4 Å². The Balaban J connectivity index is 1.86. The molecule has 0 amide bonds. The third kappa shape index (κ3) is 9.56. The monoisotopic (exact) mass is 674 g/mol. The molecule has 0 aromatic carbocycles. The summed E-state index contributed by atoms with van der Waals surface area (Å²) in [5.74, 6) is -1.58. The van der Waals surface area contributed by atoms with Gasteiger partial charge in [-0.1, -0.05) is 34.6 Å². The van der Waals surface area contributed by atoms with E-state index in [9.17, 15) is 24.4 Å². The zero-order valence-electron chi connectivity index (χ0n) is 27.8. The molecular formula is C28H47N6O11P. The second-order valence-corrected chi connectivity index (χ2v) is 15.0. The summed E-state index contributed by atoms with van der Waals surface area (Å²) in [5.41, 5.74) is 3.94. The van der Waals surface area contributed by atoms with Crippen LogP contribution in [0.5, 0.6) is 5.88 Å². The fourth-order valence-corrected chi connectivity index (χ4v) is 5.97. The summed E-state index contributed by atoms with van der Waals surface area (Å²) in [4.78, 5) is 37.8. The van der Waals surface area contributed by atoms with Crippen molar-refractivity contribution >= 4 is 36.8 Å². The number of esters is 2. The Hall–Kier alpha value is -2.92. The van der Waals surface area contributed by atoms with E-state index in [0.29, 0.717) is 0 Å². The number of carbonyl (C=O) groups excluding carboxylic acids is 2. The zero-order valence-corrected chi connectivity index (χ0v) is 28.6. The summed E-state index contributed by atoms with van der Waals surface area (Å²) in [5, 5.41) is 25.0. The van der Waals surface area contributed by atoms with Crippen LogP contribution < -0.4 is 15.6 Å². The lowest BCUT2D eigenvalue weighted by Crippen LogP contribution is -2.44. The van der Waals surface area contributed by atoms with Crippen LogP contribution in [0.1, 0.15) is 68.0 Å². The first-order chi connectivity index (χ1) is 21.3. The van der Waals surface area contributed by atoms with E-state index in [1.165, 1.54) is 24.9 Å². The molecule has 0 bridgehead atoms. The minimum absolute atomic E-state index is 0.0419. The number of nitrogen functional groups attached to an aromatic ring is 1. The Labute approximate surface area is 268 Å². The molecule has 1 saturated heterocycles. The lowest BCUT2D eigenvalue weighted by molar-refractivity contribution is -0.150. The number of anilines is 1. The number of imidazole rings is 1. The molecule has 17 nitrogen and oxygen atoms in total. The van der Waals surface area contributed by atoms with Crippen molar-refractivity contribution in [1.82, 2.24) is 24.6 Å². The number of nitrogens with two attached hydrogens (primary N) is 1. The van der Waals surface area contributed by atoms with E-state index >= 15 is 0 Å². The van der Waals surface area contributed by atoms with Crippen molar-refractivity contribution in [2.45, 2.75) is 98.0 Å². The second kappa shape index (κ2) is 14.9. The van der Waals surface area contributed by atoms with Gasteiger partial charge in [0.25, 0.3) is 0 Å². The topological polar surface area (TPSA) is 229 Å². The van der Waals surface area contributed by atoms with E-state index < -0.39 is 69.1 Å². The van der Waals surface area contributed by atoms with E-state index in [0.717, 1.165) is 0 Å². The average Bonchev–Trinajstić information content (AvgIpc) is 3.45. The molecule has 3 rings (SSSR count). The van der Waals surface area contributed by atoms with Gasteiger partial charge < -0.3 is 34.9 Å². The standard InChI is InChI=1S/C28H47N6O11P/c1-15(2)10-17(24(37)44-16(3)4)33-46(39,43-12-19(35)41-13-27(5,6)7)42-11-18-21(36)28(8,38)25(45-18)34-14-30-20-22(34)31-26(29)32-23(20)40-9/h14-18,21,25,36,38H,10-13H2,1-9H3,(H,33,39)(H2,29,31,32)/t17-,18+,21+,25+,28+,46?/m0/s1. The molecular weight excluding hydrogens is 627 g/mol. The van der Waals surface area contributed by atoms with Crippen molar-refractivity contribution in [2.75, 3.05) is 32.7 Å². The van der Waals surface area contributed by atoms with Gasteiger partial charge in [-0.2, -0.15) is 9.97 Å². The highest BCUT2D eigenvalue weighted by molar-refractivity contribution is 7.51. The largest absolute Gasteiger partial charge is 0.479 e. The highest BCUT2D eigenvalue weighted by atomic mass is 31.2. The number of fused-ring (bicyclic) bond motifs is 1. The lowest BCUT2D eigenvalue weighted by atomic mass is 9.96. The van der Waals surface area contributed by atoms with E-state index in [1.807, 2.05) is 34.6 Å². The van der Waals surface area contributed by atoms with Crippen LogP contribution in [-0.4, -0.2) is 98.6 Å². The fourth-order valence-electron chi connectivity index (χ4n) is 4.54. The second-order valence-electron chi connectivity index (χ2n) is 13.2. The molecule has 0 aliphatic carbocycles. The molecule has 3 heterocycles. The SMILES string of the molecule is COc1nc(N)nc2c1ncn2[C@@H]1O[C@H](COP(=O)(N[C@@H](CC(C)C)C(=O)OC(C)C)OCC(=O)OCC(C)(C)C)[C@@H](O)[C@@]1(C)O. The van der Waals surface area contributed by atoms with Gasteiger partial charge in [0.15, 0.2) is 24.0 Å². The van der Waals surface area contributed by atoms with E-state index in [2.05, 4.69) is 20.0 Å². The predicted octanol–water partition coefficient (Wildman–Crippen LogP) is 2.11. The van der Waals surface area contributed by atoms with E-state index in [1.54, 1.807) is 13.8 Å². The lowest BCUT2D eigenvalue weighted by Gasteiger charge is -2.28. The number of hydrogen-bond acceptors (Lipinski definition) is 15. The van der Waals surface area contributed by atoms with Gasteiger partial charge in [-0.05, 0) is 38.5 Å². The molecule has 2 aromatic rings. The number of aliphatic hydroxyl groups is 2. The van der Waals surface area contributed by atoms with Crippen molar-refractivity contribution in [3.8, 4) is 5.88 Å². The van der Waals surface area contributed by atoms with E-state index in [-0.39, 0.29) is 47.4 Å². The van der Waals surface area contributed by atoms with Crippen LogP contribution in [0.25, 0.3) is 11.2 Å². The smallest absolute Gasteiger partial charge is 0.406 e. The maximum atomic E-state index is 14.1. The third-order valence-electron chi connectivity index (χ3n) is 6.69. The Morgan fingerprint density at radius 2 is 1.89 bits per heavy atom. The molecule has 5 N–H and O–H groups in total. The number of methoxy groups -OCH3 is 1. The molecule has 0 spiro atoms. The van der Waals surface area contributed by atoms with Crippen LogP contribution in [0, 0.1) is 11.3 Å². The van der Waals surface area contributed by atoms with Gasteiger partial charge in [0.1, 0.15) is 23.9 Å². The molecule has 6 atom stereocenters. The molecule has 0 radical (unpaired) electrons. The van der Waals surface area contributed by atoms with Gasteiger partial charge >= 0.3 is 19.7 Å². The van der Waals surface area contributed by atoms with Crippen molar-refractivity contribution in [3.05, 3.63) is 6.33 Å². The van der Waals surface area contributed by atoms with Gasteiger partial charge in [-0.15, -0.1) is 0 Å². The number of rotatable bonds is 15. The molecule has 46 heavy (non-hydrogen) atoms. The van der Waals surface area contributed by atoms with Gasteiger partial charge in [0.2, 0.25) is 11.8 Å². The Morgan fingerprint density at radius 3 is 2.48 bits per heavy atom. The molecule has 0 saturated carbocycles. The van der Waals surface area contributed by atoms with Crippen molar-refractivity contribution in [1.29, 1.82) is 0 Å². The van der Waals surface area contributed by atoms with Crippen molar-refractivity contribution in [2.24, 2.45) is 11.3 Å². The molecule has 18 heteroatoms. The first kappa shape index (κ1) is 37.5. The number of ether oxygens (including phenoxy) is 4. The normalized spacial score (nSPS) is 23.9. The number of nitrogens with zero attached hydrogens (tertiary/aromatic N) is 4. The number of aromatic nitrogens is 4.